The molecule has 0 aliphatic carbocycles. The van der Waals surface area contributed by atoms with Gasteiger partial charge in [0.2, 0.25) is 5.91 Å². The number of rotatable bonds is 7. The number of nitrogens with zero attached hydrogens (tertiary/aromatic N) is 3. The molecule has 7 heteroatoms. The molecule has 0 unspecified atom stereocenters. The SMILES string of the molecule is CCn1c(Cc2ccccc2)nnc1SCC(=O)Nc1ccc(Br)c2ccccc12. The van der Waals surface area contributed by atoms with Gasteiger partial charge in [0.25, 0.3) is 0 Å². The highest BCUT2D eigenvalue weighted by Crippen LogP contribution is 2.30. The zero-order valence-corrected chi connectivity index (χ0v) is 18.9. The second kappa shape index (κ2) is 9.45. The molecule has 4 rings (SSSR count). The van der Waals surface area contributed by atoms with E-state index in [4.69, 9.17) is 0 Å². The molecule has 0 saturated carbocycles. The van der Waals surface area contributed by atoms with E-state index in [1.54, 1.807) is 0 Å². The van der Waals surface area contributed by atoms with Crippen molar-refractivity contribution in [1.82, 2.24) is 14.8 Å². The van der Waals surface area contributed by atoms with E-state index in [9.17, 15) is 4.79 Å². The van der Waals surface area contributed by atoms with E-state index >= 15 is 0 Å². The molecule has 5 nitrogen and oxygen atoms in total. The van der Waals surface area contributed by atoms with Crippen molar-refractivity contribution in [1.29, 1.82) is 0 Å². The number of aromatic nitrogens is 3. The molecule has 0 fully saturated rings. The van der Waals surface area contributed by atoms with Crippen molar-refractivity contribution in [3.05, 3.63) is 82.6 Å². The number of hydrogen-bond donors (Lipinski definition) is 1. The molecule has 0 saturated heterocycles. The lowest BCUT2D eigenvalue weighted by Gasteiger charge is -2.10. The molecule has 0 atom stereocenters. The summed E-state index contributed by atoms with van der Waals surface area (Å²) in [6.45, 7) is 2.83. The van der Waals surface area contributed by atoms with Crippen LogP contribution in [0.2, 0.25) is 0 Å². The molecule has 0 bridgehead atoms. The molecule has 3 aromatic carbocycles. The van der Waals surface area contributed by atoms with Crippen LogP contribution in [0.3, 0.4) is 0 Å². The van der Waals surface area contributed by atoms with Crippen LogP contribution in [0.5, 0.6) is 0 Å². The van der Waals surface area contributed by atoms with Crippen LogP contribution in [-0.2, 0) is 17.8 Å². The predicted octanol–water partition coefficient (Wildman–Crippen LogP) is 5.54. The average Bonchev–Trinajstić information content (AvgIpc) is 3.16. The first-order valence-corrected chi connectivity index (χ1v) is 11.5. The number of nitrogens with one attached hydrogen (secondary N) is 1. The Hall–Kier alpha value is -2.64. The van der Waals surface area contributed by atoms with E-state index in [0.717, 1.165) is 44.9 Å². The molecule has 0 spiro atoms. The van der Waals surface area contributed by atoms with Gasteiger partial charge in [-0.1, -0.05) is 82.3 Å². The predicted molar refractivity (Wildman–Crippen MR) is 126 cm³/mol. The largest absolute Gasteiger partial charge is 0.325 e. The summed E-state index contributed by atoms with van der Waals surface area (Å²) in [4.78, 5) is 12.6. The number of halogens is 1. The van der Waals surface area contributed by atoms with Gasteiger partial charge >= 0.3 is 0 Å². The van der Waals surface area contributed by atoms with Crippen LogP contribution >= 0.6 is 27.7 Å². The maximum atomic E-state index is 12.6. The van der Waals surface area contributed by atoms with Crippen LogP contribution in [-0.4, -0.2) is 26.4 Å². The first-order chi connectivity index (χ1) is 14.7. The van der Waals surface area contributed by atoms with E-state index in [2.05, 4.69) is 55.1 Å². The van der Waals surface area contributed by atoms with Crippen molar-refractivity contribution in [3.63, 3.8) is 0 Å². The van der Waals surface area contributed by atoms with Gasteiger partial charge in [-0.15, -0.1) is 10.2 Å². The molecule has 0 aliphatic rings. The van der Waals surface area contributed by atoms with Crippen molar-refractivity contribution >= 4 is 50.1 Å². The number of hydrogen-bond acceptors (Lipinski definition) is 4. The molecule has 0 aliphatic heterocycles. The minimum atomic E-state index is -0.0669. The maximum absolute atomic E-state index is 12.6. The van der Waals surface area contributed by atoms with Crippen LogP contribution in [0.25, 0.3) is 10.8 Å². The van der Waals surface area contributed by atoms with Gasteiger partial charge in [-0.2, -0.15) is 0 Å². The lowest BCUT2D eigenvalue weighted by Crippen LogP contribution is -2.15. The summed E-state index contributed by atoms with van der Waals surface area (Å²) >= 11 is 4.97. The third-order valence-electron chi connectivity index (χ3n) is 4.79. The summed E-state index contributed by atoms with van der Waals surface area (Å²) in [5, 5.41) is 14.5. The Kier molecular flexibility index (Phi) is 6.50. The topological polar surface area (TPSA) is 59.8 Å². The quantitative estimate of drug-likeness (QED) is 0.353. The van der Waals surface area contributed by atoms with E-state index < -0.39 is 0 Å². The van der Waals surface area contributed by atoms with Crippen molar-refractivity contribution < 1.29 is 4.79 Å². The summed E-state index contributed by atoms with van der Waals surface area (Å²) < 4.78 is 3.08. The number of thioether (sulfide) groups is 1. The Balaban J connectivity index is 1.44. The maximum Gasteiger partial charge on any atom is 0.234 e. The second-order valence-electron chi connectivity index (χ2n) is 6.78. The number of carbonyl (C=O) groups excluding carboxylic acids is 1. The van der Waals surface area contributed by atoms with Gasteiger partial charge in [-0.05, 0) is 30.0 Å². The Bertz CT molecular complexity index is 1180. The van der Waals surface area contributed by atoms with Crippen LogP contribution < -0.4 is 5.32 Å². The third-order valence-corrected chi connectivity index (χ3v) is 6.45. The fourth-order valence-electron chi connectivity index (χ4n) is 3.34. The Labute approximate surface area is 188 Å². The molecule has 30 heavy (non-hydrogen) atoms. The van der Waals surface area contributed by atoms with Crippen LogP contribution in [0, 0.1) is 0 Å². The van der Waals surface area contributed by atoms with Gasteiger partial charge in [0.15, 0.2) is 5.16 Å². The fourth-order valence-corrected chi connectivity index (χ4v) is 4.64. The van der Waals surface area contributed by atoms with E-state index in [1.807, 2.05) is 54.6 Å². The molecule has 1 N–H and O–H groups in total. The van der Waals surface area contributed by atoms with Crippen molar-refractivity contribution in [2.45, 2.75) is 25.0 Å². The zero-order valence-electron chi connectivity index (χ0n) is 16.5. The third kappa shape index (κ3) is 4.57. The van der Waals surface area contributed by atoms with Gasteiger partial charge in [-0.3, -0.25) is 4.79 Å². The highest BCUT2D eigenvalue weighted by molar-refractivity contribution is 9.10. The summed E-state index contributed by atoms with van der Waals surface area (Å²) in [6.07, 6.45) is 0.722. The lowest BCUT2D eigenvalue weighted by molar-refractivity contribution is -0.113. The number of benzene rings is 3. The van der Waals surface area contributed by atoms with E-state index in [-0.39, 0.29) is 11.7 Å². The van der Waals surface area contributed by atoms with Crippen molar-refractivity contribution in [3.8, 4) is 0 Å². The Morgan fingerprint density at radius 1 is 1.00 bits per heavy atom. The average molecular weight is 481 g/mol. The molecule has 0 radical (unpaired) electrons. The van der Waals surface area contributed by atoms with Gasteiger partial charge in [0.1, 0.15) is 5.82 Å². The number of amides is 1. The number of anilines is 1. The Morgan fingerprint density at radius 2 is 1.73 bits per heavy atom. The standard InChI is InChI=1S/C23H21BrN4OS/c1-2-28-21(14-16-8-4-3-5-9-16)26-27-23(28)30-15-22(29)25-20-13-12-19(24)17-10-6-7-11-18(17)20/h3-13H,2,14-15H2,1H3,(H,25,29). The van der Waals surface area contributed by atoms with Gasteiger partial charge in [0, 0.05) is 28.5 Å². The summed E-state index contributed by atoms with van der Waals surface area (Å²) in [6, 6.07) is 22.1. The lowest BCUT2D eigenvalue weighted by atomic mass is 10.1. The molecular weight excluding hydrogens is 460 g/mol. The normalized spacial score (nSPS) is 11.0. The highest BCUT2D eigenvalue weighted by atomic mass is 79.9. The highest BCUT2D eigenvalue weighted by Gasteiger charge is 2.14. The van der Waals surface area contributed by atoms with Crippen LogP contribution in [0.15, 0.2) is 76.4 Å². The molecule has 152 valence electrons. The molecule has 4 aromatic rings. The second-order valence-corrected chi connectivity index (χ2v) is 8.58. The zero-order chi connectivity index (χ0) is 20.9. The monoisotopic (exact) mass is 480 g/mol. The fraction of sp³-hybridized carbons (Fsp3) is 0.174. The van der Waals surface area contributed by atoms with E-state index in [1.165, 1.54) is 17.3 Å². The summed E-state index contributed by atoms with van der Waals surface area (Å²) in [7, 11) is 0. The van der Waals surface area contributed by atoms with Crippen LogP contribution in [0.1, 0.15) is 18.3 Å². The first-order valence-electron chi connectivity index (χ1n) is 9.71. The molecule has 1 heterocycles. The van der Waals surface area contributed by atoms with Crippen molar-refractivity contribution in [2.24, 2.45) is 0 Å². The van der Waals surface area contributed by atoms with Crippen LogP contribution in [0.4, 0.5) is 5.69 Å². The van der Waals surface area contributed by atoms with Gasteiger partial charge in [-0.25, -0.2) is 0 Å². The molecular formula is C23H21BrN4OS. The van der Waals surface area contributed by atoms with Gasteiger partial charge in [0.05, 0.1) is 5.75 Å². The van der Waals surface area contributed by atoms with E-state index in [0.29, 0.717) is 0 Å². The molecule has 1 amide bonds. The van der Waals surface area contributed by atoms with Crippen molar-refractivity contribution in [2.75, 3.05) is 11.1 Å². The summed E-state index contributed by atoms with van der Waals surface area (Å²) in [5.74, 6) is 1.11. The minimum absolute atomic E-state index is 0.0669. The smallest absolute Gasteiger partial charge is 0.234 e. The first kappa shape index (κ1) is 20.6. The summed E-state index contributed by atoms with van der Waals surface area (Å²) in [5.41, 5.74) is 2.00. The Morgan fingerprint density at radius 3 is 2.50 bits per heavy atom. The van der Waals surface area contributed by atoms with Gasteiger partial charge < -0.3 is 9.88 Å². The minimum Gasteiger partial charge on any atom is -0.325 e. The number of fused-ring (bicyclic) bond motifs is 1. The number of carbonyl (C=O) groups is 1. The molecule has 1 aromatic heterocycles.